The molecule has 1 rings (SSSR count). The Labute approximate surface area is 69.2 Å². The molecule has 0 aliphatic rings. The second kappa shape index (κ2) is 3.50. The highest BCUT2D eigenvalue weighted by atomic mass is 32.1. The molecular weight excluding hydrogens is 160 g/mol. The van der Waals surface area contributed by atoms with E-state index in [-0.39, 0.29) is 12.1 Å². The lowest BCUT2D eigenvalue weighted by Gasteiger charge is -2.05. The van der Waals surface area contributed by atoms with Crippen LogP contribution >= 0.6 is 11.3 Å². The summed E-state index contributed by atoms with van der Waals surface area (Å²) in [4.78, 5) is 11.8. The van der Waals surface area contributed by atoms with Crippen molar-refractivity contribution in [1.29, 1.82) is 0 Å². The first kappa shape index (κ1) is 8.23. The van der Waals surface area contributed by atoms with Gasteiger partial charge < -0.3 is 11.1 Å². The van der Waals surface area contributed by atoms with Gasteiger partial charge in [0.05, 0.1) is 11.0 Å². The van der Waals surface area contributed by atoms with Crippen LogP contribution in [0, 0.1) is 0 Å². The Hall–Kier alpha value is -0.870. The van der Waals surface area contributed by atoms with Gasteiger partial charge in [-0.2, -0.15) is 0 Å². The van der Waals surface area contributed by atoms with E-state index in [1.165, 1.54) is 11.3 Å². The molecule has 0 aliphatic carbocycles. The van der Waals surface area contributed by atoms with Gasteiger partial charge in [0.25, 0.3) is 5.91 Å². The van der Waals surface area contributed by atoms with Gasteiger partial charge in [0.1, 0.15) is 0 Å². The van der Waals surface area contributed by atoms with Gasteiger partial charge in [-0.1, -0.05) is 6.07 Å². The number of nitrogens with one attached hydrogen (secondary N) is 1. The molecule has 0 spiro atoms. The first-order valence-electron chi connectivity index (χ1n) is 3.30. The quantitative estimate of drug-likeness (QED) is 0.644. The summed E-state index contributed by atoms with van der Waals surface area (Å²) in [6.07, 6.45) is -0.287. The average Bonchev–Trinajstić information content (AvgIpc) is 2.35. The summed E-state index contributed by atoms with van der Waals surface area (Å²) in [5.41, 5.74) is 5.37. The van der Waals surface area contributed by atoms with Crippen LogP contribution in [0.15, 0.2) is 17.5 Å². The van der Waals surface area contributed by atoms with E-state index in [9.17, 15) is 4.79 Å². The van der Waals surface area contributed by atoms with Crippen molar-refractivity contribution in [3.8, 4) is 0 Å². The fourth-order valence-electron chi connectivity index (χ4n) is 0.686. The number of thiophene rings is 1. The lowest BCUT2D eigenvalue weighted by Crippen LogP contribution is -2.38. The standard InChI is InChI=1S/C7H10N2OS/c1-5(8)9-7(10)6-3-2-4-11-6/h2-5H,8H2,1H3,(H,9,10). The summed E-state index contributed by atoms with van der Waals surface area (Å²) in [6, 6.07) is 3.60. The van der Waals surface area contributed by atoms with E-state index in [4.69, 9.17) is 5.73 Å². The van der Waals surface area contributed by atoms with E-state index >= 15 is 0 Å². The summed E-state index contributed by atoms with van der Waals surface area (Å²) in [7, 11) is 0. The molecule has 1 aromatic rings. The van der Waals surface area contributed by atoms with Crippen molar-refractivity contribution in [3.63, 3.8) is 0 Å². The molecule has 0 fully saturated rings. The largest absolute Gasteiger partial charge is 0.337 e. The fraction of sp³-hybridized carbons (Fsp3) is 0.286. The Kier molecular flexibility index (Phi) is 2.62. The first-order valence-corrected chi connectivity index (χ1v) is 4.18. The van der Waals surface area contributed by atoms with Crippen molar-refractivity contribution < 1.29 is 4.79 Å². The molecule has 1 heterocycles. The van der Waals surface area contributed by atoms with E-state index in [2.05, 4.69) is 5.32 Å². The molecule has 0 aliphatic heterocycles. The van der Waals surface area contributed by atoms with E-state index in [1.807, 2.05) is 11.4 Å². The van der Waals surface area contributed by atoms with Crippen molar-refractivity contribution in [2.24, 2.45) is 5.73 Å². The van der Waals surface area contributed by atoms with Gasteiger partial charge in [-0.05, 0) is 18.4 Å². The van der Waals surface area contributed by atoms with Gasteiger partial charge in [-0.15, -0.1) is 11.3 Å². The molecule has 0 saturated heterocycles. The van der Waals surface area contributed by atoms with Crippen LogP contribution in [-0.4, -0.2) is 12.1 Å². The van der Waals surface area contributed by atoms with Gasteiger partial charge in [-0.3, -0.25) is 4.79 Å². The fourth-order valence-corrected chi connectivity index (χ4v) is 1.31. The highest BCUT2D eigenvalue weighted by Crippen LogP contribution is 2.07. The van der Waals surface area contributed by atoms with Crippen LogP contribution in [0.4, 0.5) is 0 Å². The monoisotopic (exact) mass is 170 g/mol. The molecule has 1 amide bonds. The summed E-state index contributed by atoms with van der Waals surface area (Å²) in [5.74, 6) is -0.102. The normalized spacial score (nSPS) is 12.5. The zero-order valence-corrected chi connectivity index (χ0v) is 7.02. The first-order chi connectivity index (χ1) is 5.20. The number of nitrogens with two attached hydrogens (primary N) is 1. The van der Waals surface area contributed by atoms with E-state index in [0.29, 0.717) is 4.88 Å². The van der Waals surface area contributed by atoms with Gasteiger partial charge in [0, 0.05) is 0 Å². The topological polar surface area (TPSA) is 55.1 Å². The Balaban J connectivity index is 2.57. The molecule has 60 valence electrons. The lowest BCUT2D eigenvalue weighted by molar-refractivity contribution is 0.0945. The second-order valence-corrected chi connectivity index (χ2v) is 3.19. The molecule has 0 radical (unpaired) electrons. The molecule has 3 N–H and O–H groups in total. The summed E-state index contributed by atoms with van der Waals surface area (Å²) in [5, 5.41) is 4.45. The van der Waals surface area contributed by atoms with Crippen LogP contribution in [0.2, 0.25) is 0 Å². The highest BCUT2D eigenvalue weighted by Gasteiger charge is 2.06. The van der Waals surface area contributed by atoms with Crippen molar-refractivity contribution >= 4 is 17.2 Å². The minimum absolute atomic E-state index is 0.102. The number of rotatable bonds is 2. The molecular formula is C7H10N2OS. The van der Waals surface area contributed by atoms with Gasteiger partial charge >= 0.3 is 0 Å². The minimum atomic E-state index is -0.287. The third-order valence-electron chi connectivity index (χ3n) is 1.10. The zero-order chi connectivity index (χ0) is 8.27. The predicted molar refractivity (Wildman–Crippen MR) is 45.4 cm³/mol. The van der Waals surface area contributed by atoms with Crippen LogP contribution in [0.25, 0.3) is 0 Å². The molecule has 1 atom stereocenters. The second-order valence-electron chi connectivity index (χ2n) is 2.24. The number of amides is 1. The van der Waals surface area contributed by atoms with Gasteiger partial charge in [0.15, 0.2) is 0 Å². The van der Waals surface area contributed by atoms with Crippen LogP contribution in [0.1, 0.15) is 16.6 Å². The van der Waals surface area contributed by atoms with Crippen LogP contribution < -0.4 is 11.1 Å². The van der Waals surface area contributed by atoms with E-state index < -0.39 is 0 Å². The third-order valence-corrected chi connectivity index (χ3v) is 1.97. The lowest BCUT2D eigenvalue weighted by atomic mass is 10.4. The Morgan fingerprint density at radius 1 is 1.82 bits per heavy atom. The molecule has 1 unspecified atom stereocenters. The SMILES string of the molecule is CC(N)NC(=O)c1cccs1. The van der Waals surface area contributed by atoms with Crippen molar-refractivity contribution in [1.82, 2.24) is 5.32 Å². The molecule has 1 aromatic heterocycles. The molecule has 11 heavy (non-hydrogen) atoms. The highest BCUT2D eigenvalue weighted by molar-refractivity contribution is 7.12. The Morgan fingerprint density at radius 3 is 3.00 bits per heavy atom. The van der Waals surface area contributed by atoms with E-state index in [1.54, 1.807) is 13.0 Å². The van der Waals surface area contributed by atoms with Crippen molar-refractivity contribution in [3.05, 3.63) is 22.4 Å². The number of carbonyl (C=O) groups excluding carboxylic acids is 1. The van der Waals surface area contributed by atoms with E-state index in [0.717, 1.165) is 0 Å². The predicted octanol–water partition coefficient (Wildman–Crippen LogP) is 0.783. The summed E-state index contributed by atoms with van der Waals surface area (Å²) >= 11 is 1.41. The molecule has 4 heteroatoms. The maximum Gasteiger partial charge on any atom is 0.262 e. The Bertz CT molecular complexity index is 231. The number of carbonyl (C=O) groups is 1. The molecule has 0 aromatic carbocycles. The summed E-state index contributed by atoms with van der Waals surface area (Å²) < 4.78 is 0. The smallest absolute Gasteiger partial charge is 0.262 e. The zero-order valence-electron chi connectivity index (χ0n) is 6.20. The Morgan fingerprint density at radius 2 is 2.55 bits per heavy atom. The van der Waals surface area contributed by atoms with Crippen molar-refractivity contribution in [2.75, 3.05) is 0 Å². The van der Waals surface area contributed by atoms with Gasteiger partial charge in [-0.25, -0.2) is 0 Å². The van der Waals surface area contributed by atoms with Crippen LogP contribution in [0.5, 0.6) is 0 Å². The van der Waals surface area contributed by atoms with Crippen LogP contribution in [0.3, 0.4) is 0 Å². The van der Waals surface area contributed by atoms with Crippen LogP contribution in [-0.2, 0) is 0 Å². The number of hydrogen-bond acceptors (Lipinski definition) is 3. The average molecular weight is 170 g/mol. The molecule has 3 nitrogen and oxygen atoms in total. The summed E-state index contributed by atoms with van der Waals surface area (Å²) in [6.45, 7) is 1.73. The maximum absolute atomic E-state index is 11.1. The number of hydrogen-bond donors (Lipinski definition) is 2. The third kappa shape index (κ3) is 2.32. The maximum atomic E-state index is 11.1. The molecule has 0 saturated carbocycles. The minimum Gasteiger partial charge on any atom is -0.337 e. The van der Waals surface area contributed by atoms with Gasteiger partial charge in [0.2, 0.25) is 0 Å². The molecule has 0 bridgehead atoms. The van der Waals surface area contributed by atoms with Crippen molar-refractivity contribution in [2.45, 2.75) is 13.1 Å².